The SMILES string of the molecule is CC1=C(C(=O)O)N[C@@H]([C@H](N)C(=O)N[C@H](C(=O)O)c2ccccc2)SC1. The molecule has 0 saturated carbocycles. The summed E-state index contributed by atoms with van der Waals surface area (Å²) >= 11 is 1.29. The number of thioether (sulfide) groups is 1. The third-order valence-corrected chi connectivity index (χ3v) is 5.07. The van der Waals surface area contributed by atoms with Gasteiger partial charge in [0.2, 0.25) is 5.91 Å². The second-order valence-corrected chi connectivity index (χ2v) is 6.68. The summed E-state index contributed by atoms with van der Waals surface area (Å²) in [6, 6.07) is 5.91. The highest BCUT2D eigenvalue weighted by molar-refractivity contribution is 8.00. The van der Waals surface area contributed by atoms with Crippen LogP contribution in [-0.4, -0.2) is 45.2 Å². The van der Waals surface area contributed by atoms with Gasteiger partial charge in [0, 0.05) is 5.75 Å². The minimum atomic E-state index is -1.23. The molecule has 0 fully saturated rings. The summed E-state index contributed by atoms with van der Waals surface area (Å²) < 4.78 is 0. The molecule has 8 nitrogen and oxygen atoms in total. The summed E-state index contributed by atoms with van der Waals surface area (Å²) in [5, 5.41) is 23.0. The molecule has 134 valence electrons. The molecule has 3 atom stereocenters. The number of carboxylic acids is 2. The molecule has 9 heteroatoms. The molecule has 1 heterocycles. The fraction of sp³-hybridized carbons (Fsp3) is 0.312. The van der Waals surface area contributed by atoms with Crippen molar-refractivity contribution in [3.63, 3.8) is 0 Å². The van der Waals surface area contributed by atoms with Crippen molar-refractivity contribution in [3.8, 4) is 0 Å². The van der Waals surface area contributed by atoms with Crippen LogP contribution in [0, 0.1) is 0 Å². The van der Waals surface area contributed by atoms with Gasteiger partial charge >= 0.3 is 11.9 Å². The van der Waals surface area contributed by atoms with Gasteiger partial charge in [0.15, 0.2) is 6.04 Å². The van der Waals surface area contributed by atoms with E-state index in [4.69, 9.17) is 10.8 Å². The average molecular weight is 365 g/mol. The average Bonchev–Trinajstić information content (AvgIpc) is 2.59. The molecule has 0 unspecified atom stereocenters. The molecular weight excluding hydrogens is 346 g/mol. The number of hydrogen-bond acceptors (Lipinski definition) is 6. The molecule has 1 aliphatic heterocycles. The van der Waals surface area contributed by atoms with Gasteiger partial charge in [-0.2, -0.15) is 0 Å². The fourth-order valence-corrected chi connectivity index (χ4v) is 3.45. The van der Waals surface area contributed by atoms with Gasteiger partial charge in [0.25, 0.3) is 0 Å². The Balaban J connectivity index is 2.09. The van der Waals surface area contributed by atoms with Gasteiger partial charge in [0.05, 0.1) is 5.37 Å². The van der Waals surface area contributed by atoms with Crippen molar-refractivity contribution in [2.45, 2.75) is 24.4 Å². The lowest BCUT2D eigenvalue weighted by Crippen LogP contribution is -2.55. The molecule has 0 aliphatic carbocycles. The maximum Gasteiger partial charge on any atom is 0.351 e. The Morgan fingerprint density at radius 1 is 1.28 bits per heavy atom. The second kappa shape index (κ2) is 8.04. The molecule has 1 aliphatic rings. The topological polar surface area (TPSA) is 142 Å². The minimum absolute atomic E-state index is 0.0184. The lowest BCUT2D eigenvalue weighted by Gasteiger charge is -2.30. The molecule has 6 N–H and O–H groups in total. The molecule has 0 saturated heterocycles. The maximum absolute atomic E-state index is 12.4. The van der Waals surface area contributed by atoms with E-state index in [-0.39, 0.29) is 5.70 Å². The maximum atomic E-state index is 12.4. The van der Waals surface area contributed by atoms with Gasteiger partial charge in [0.1, 0.15) is 11.7 Å². The number of carbonyl (C=O) groups excluding carboxylic acids is 1. The number of amides is 1. The first-order valence-corrected chi connectivity index (χ1v) is 8.51. The van der Waals surface area contributed by atoms with E-state index in [2.05, 4.69) is 10.6 Å². The van der Waals surface area contributed by atoms with Crippen LogP contribution in [0.5, 0.6) is 0 Å². The first-order valence-electron chi connectivity index (χ1n) is 7.46. The number of carboxylic acid groups (broad SMARTS) is 2. The normalized spacial score (nSPS) is 19.5. The summed E-state index contributed by atoms with van der Waals surface area (Å²) in [6.45, 7) is 1.68. The molecule has 0 bridgehead atoms. The Hall–Kier alpha value is -2.52. The van der Waals surface area contributed by atoms with Crippen molar-refractivity contribution >= 4 is 29.6 Å². The summed E-state index contributed by atoms with van der Waals surface area (Å²) in [4.78, 5) is 35.0. The molecule has 25 heavy (non-hydrogen) atoms. The Labute approximate surface area is 148 Å². The molecule has 1 aromatic rings. The van der Waals surface area contributed by atoms with E-state index in [9.17, 15) is 19.5 Å². The third kappa shape index (κ3) is 4.52. The van der Waals surface area contributed by atoms with Gasteiger partial charge in [-0.1, -0.05) is 30.3 Å². The van der Waals surface area contributed by atoms with Crippen molar-refractivity contribution in [1.82, 2.24) is 10.6 Å². The van der Waals surface area contributed by atoms with Crippen molar-refractivity contribution in [2.24, 2.45) is 5.73 Å². The molecule has 0 aromatic heterocycles. The van der Waals surface area contributed by atoms with Gasteiger partial charge in [-0.15, -0.1) is 11.8 Å². The van der Waals surface area contributed by atoms with Crippen LogP contribution in [0.15, 0.2) is 41.6 Å². The largest absolute Gasteiger partial charge is 0.479 e. The molecule has 1 aromatic carbocycles. The van der Waals surface area contributed by atoms with Crippen LogP contribution in [-0.2, 0) is 14.4 Å². The highest BCUT2D eigenvalue weighted by Crippen LogP contribution is 2.24. The quantitative estimate of drug-likeness (QED) is 0.484. The van der Waals surface area contributed by atoms with Crippen molar-refractivity contribution in [1.29, 1.82) is 0 Å². The van der Waals surface area contributed by atoms with Crippen LogP contribution in [0.25, 0.3) is 0 Å². The van der Waals surface area contributed by atoms with E-state index in [0.29, 0.717) is 16.9 Å². The number of nitrogens with one attached hydrogen (secondary N) is 2. The summed E-state index contributed by atoms with van der Waals surface area (Å²) in [5.74, 6) is -2.59. The molecular formula is C16H19N3O5S. The van der Waals surface area contributed by atoms with Crippen LogP contribution >= 0.6 is 11.8 Å². The van der Waals surface area contributed by atoms with Crippen molar-refractivity contribution in [3.05, 3.63) is 47.2 Å². The van der Waals surface area contributed by atoms with Gasteiger partial charge < -0.3 is 26.6 Å². The third-order valence-electron chi connectivity index (χ3n) is 3.70. The summed E-state index contributed by atoms with van der Waals surface area (Å²) in [5.41, 5.74) is 7.01. The first-order chi connectivity index (χ1) is 11.8. The zero-order valence-electron chi connectivity index (χ0n) is 13.4. The number of aliphatic carboxylic acids is 2. The predicted molar refractivity (Wildman–Crippen MR) is 92.7 cm³/mol. The van der Waals surface area contributed by atoms with E-state index in [1.165, 1.54) is 11.8 Å². The van der Waals surface area contributed by atoms with E-state index >= 15 is 0 Å². The van der Waals surface area contributed by atoms with E-state index in [1.54, 1.807) is 37.3 Å². The van der Waals surface area contributed by atoms with Crippen LogP contribution in [0.3, 0.4) is 0 Å². The highest BCUT2D eigenvalue weighted by atomic mass is 32.2. The van der Waals surface area contributed by atoms with E-state index < -0.39 is 35.3 Å². The highest BCUT2D eigenvalue weighted by Gasteiger charge is 2.33. The van der Waals surface area contributed by atoms with Gasteiger partial charge in [-0.3, -0.25) is 4.79 Å². The van der Waals surface area contributed by atoms with Crippen LogP contribution in [0.1, 0.15) is 18.5 Å². The Bertz CT molecular complexity index is 707. The van der Waals surface area contributed by atoms with Crippen LogP contribution in [0.4, 0.5) is 0 Å². The second-order valence-electron chi connectivity index (χ2n) is 5.55. The number of nitrogens with two attached hydrogens (primary N) is 1. The zero-order chi connectivity index (χ0) is 18.6. The Morgan fingerprint density at radius 3 is 2.48 bits per heavy atom. The fourth-order valence-electron chi connectivity index (χ4n) is 2.34. The number of benzene rings is 1. The lowest BCUT2D eigenvalue weighted by molar-refractivity contribution is -0.142. The van der Waals surface area contributed by atoms with E-state index in [1.807, 2.05) is 0 Å². The van der Waals surface area contributed by atoms with Crippen molar-refractivity contribution in [2.75, 3.05) is 5.75 Å². The van der Waals surface area contributed by atoms with Crippen LogP contribution in [0.2, 0.25) is 0 Å². The number of hydrogen-bond donors (Lipinski definition) is 5. The minimum Gasteiger partial charge on any atom is -0.479 e. The smallest absolute Gasteiger partial charge is 0.351 e. The summed E-state index contributed by atoms with van der Waals surface area (Å²) in [6.07, 6.45) is 0. The van der Waals surface area contributed by atoms with Crippen molar-refractivity contribution < 1.29 is 24.6 Å². The zero-order valence-corrected chi connectivity index (χ0v) is 14.2. The number of rotatable bonds is 6. The molecule has 2 rings (SSSR count). The number of carbonyl (C=O) groups is 3. The molecule has 0 radical (unpaired) electrons. The van der Waals surface area contributed by atoms with Gasteiger partial charge in [-0.25, -0.2) is 9.59 Å². The first kappa shape index (κ1) is 18.8. The summed E-state index contributed by atoms with van der Waals surface area (Å²) in [7, 11) is 0. The molecule has 0 spiro atoms. The Morgan fingerprint density at radius 2 is 1.92 bits per heavy atom. The van der Waals surface area contributed by atoms with Gasteiger partial charge in [-0.05, 0) is 18.1 Å². The van der Waals surface area contributed by atoms with Crippen LogP contribution < -0.4 is 16.4 Å². The predicted octanol–water partition coefficient (Wildman–Crippen LogP) is 0.277. The van der Waals surface area contributed by atoms with E-state index in [0.717, 1.165) is 0 Å². The molecule has 1 amide bonds. The Kier molecular flexibility index (Phi) is 6.05. The standard InChI is InChI=1S/C16H19N3O5S/c1-8-7-25-14(19-11(8)15(21)22)10(17)13(20)18-12(16(23)24)9-5-3-2-4-6-9/h2-6,10,12,14,19H,7,17H2,1H3,(H,18,20)(H,21,22)(H,23,24)/t10-,12+,14-/m1/s1. The lowest BCUT2D eigenvalue weighted by atomic mass is 10.1. The monoisotopic (exact) mass is 365 g/mol.